The number of aromatic carboxylic acids is 1. The Hall–Kier alpha value is -3.06. The highest BCUT2D eigenvalue weighted by atomic mass is 16.5. The molecule has 7 heteroatoms. The Morgan fingerprint density at radius 3 is 2.48 bits per heavy atom. The Balaban J connectivity index is 1.56. The van der Waals surface area contributed by atoms with E-state index in [1.54, 1.807) is 19.2 Å². The van der Waals surface area contributed by atoms with Gasteiger partial charge in [-0.2, -0.15) is 0 Å². The largest absolute Gasteiger partial charge is 0.497 e. The van der Waals surface area contributed by atoms with E-state index in [2.05, 4.69) is 21.6 Å². The summed E-state index contributed by atoms with van der Waals surface area (Å²) in [5.41, 5.74) is 2.19. The van der Waals surface area contributed by atoms with Gasteiger partial charge in [0.2, 0.25) is 0 Å². The minimum atomic E-state index is -0.965. The standard InChI is InChI=1S/C22H27N3O4/c1-29-19-6-4-5-18(13-19)20(25-11-2-3-12-25)15-24-22(28)23-14-16-7-9-17(10-8-16)21(26)27/h4-10,13,20H,2-3,11-12,14-15H2,1H3,(H,26,27)(H2,23,24,28). The molecule has 1 aliphatic heterocycles. The molecule has 0 spiro atoms. The van der Waals surface area contributed by atoms with Crippen molar-refractivity contribution in [2.24, 2.45) is 0 Å². The molecule has 2 amide bonds. The van der Waals surface area contributed by atoms with Crippen LogP contribution in [0.4, 0.5) is 4.79 Å². The van der Waals surface area contributed by atoms with Crippen LogP contribution in [-0.2, 0) is 6.54 Å². The molecule has 1 unspecified atom stereocenters. The van der Waals surface area contributed by atoms with Crippen LogP contribution in [0.25, 0.3) is 0 Å². The lowest BCUT2D eigenvalue weighted by Gasteiger charge is -2.28. The Labute approximate surface area is 170 Å². The Bertz CT molecular complexity index is 832. The van der Waals surface area contributed by atoms with Crippen molar-refractivity contribution >= 4 is 12.0 Å². The zero-order chi connectivity index (χ0) is 20.6. The fraction of sp³-hybridized carbons (Fsp3) is 0.364. The molecule has 0 aromatic heterocycles. The van der Waals surface area contributed by atoms with Gasteiger partial charge in [0.25, 0.3) is 0 Å². The molecule has 3 rings (SSSR count). The number of benzene rings is 2. The molecule has 7 nitrogen and oxygen atoms in total. The second-order valence-electron chi connectivity index (χ2n) is 7.10. The van der Waals surface area contributed by atoms with E-state index >= 15 is 0 Å². The number of carbonyl (C=O) groups excluding carboxylic acids is 1. The predicted molar refractivity (Wildman–Crippen MR) is 110 cm³/mol. The number of carbonyl (C=O) groups is 2. The smallest absolute Gasteiger partial charge is 0.335 e. The number of carboxylic acid groups (broad SMARTS) is 1. The lowest BCUT2D eigenvalue weighted by atomic mass is 10.1. The third kappa shape index (κ3) is 5.71. The summed E-state index contributed by atoms with van der Waals surface area (Å²) in [7, 11) is 1.65. The summed E-state index contributed by atoms with van der Waals surface area (Å²) in [6.45, 7) is 2.86. The molecule has 1 aliphatic rings. The minimum Gasteiger partial charge on any atom is -0.497 e. The molecule has 29 heavy (non-hydrogen) atoms. The maximum atomic E-state index is 12.3. The minimum absolute atomic E-state index is 0.0909. The van der Waals surface area contributed by atoms with Crippen LogP contribution in [0.2, 0.25) is 0 Å². The normalized spacial score (nSPS) is 14.9. The lowest BCUT2D eigenvalue weighted by Crippen LogP contribution is -2.41. The second kappa shape index (κ2) is 9.93. The quantitative estimate of drug-likeness (QED) is 0.637. The lowest BCUT2D eigenvalue weighted by molar-refractivity contribution is 0.0697. The summed E-state index contributed by atoms with van der Waals surface area (Å²) in [6.07, 6.45) is 2.33. The SMILES string of the molecule is COc1cccc(C(CNC(=O)NCc2ccc(C(=O)O)cc2)N2CCCC2)c1. The first-order valence-corrected chi connectivity index (χ1v) is 9.79. The van der Waals surface area contributed by atoms with E-state index in [1.807, 2.05) is 18.2 Å². The summed E-state index contributed by atoms with van der Waals surface area (Å²) >= 11 is 0. The average molecular weight is 397 g/mol. The topological polar surface area (TPSA) is 90.9 Å². The highest BCUT2D eigenvalue weighted by Crippen LogP contribution is 2.27. The Morgan fingerprint density at radius 2 is 1.83 bits per heavy atom. The number of nitrogens with one attached hydrogen (secondary N) is 2. The molecule has 0 saturated carbocycles. The van der Waals surface area contributed by atoms with Crippen molar-refractivity contribution in [2.45, 2.75) is 25.4 Å². The van der Waals surface area contributed by atoms with Crippen LogP contribution in [0, 0.1) is 0 Å². The van der Waals surface area contributed by atoms with E-state index in [-0.39, 0.29) is 17.6 Å². The van der Waals surface area contributed by atoms with Crippen molar-refractivity contribution in [1.29, 1.82) is 0 Å². The molecule has 2 aromatic rings. The number of carboxylic acids is 1. The highest BCUT2D eigenvalue weighted by Gasteiger charge is 2.24. The fourth-order valence-corrected chi connectivity index (χ4v) is 3.56. The maximum Gasteiger partial charge on any atom is 0.335 e. The number of likely N-dealkylation sites (tertiary alicyclic amines) is 1. The zero-order valence-electron chi connectivity index (χ0n) is 16.6. The van der Waals surface area contributed by atoms with Crippen LogP contribution in [-0.4, -0.2) is 48.8 Å². The molecule has 3 N–H and O–H groups in total. The third-order valence-corrected chi connectivity index (χ3v) is 5.17. The predicted octanol–water partition coefficient (Wildman–Crippen LogP) is 3.03. The number of methoxy groups -OCH3 is 1. The molecule has 0 radical (unpaired) electrons. The first-order valence-electron chi connectivity index (χ1n) is 9.79. The van der Waals surface area contributed by atoms with E-state index in [9.17, 15) is 9.59 Å². The van der Waals surface area contributed by atoms with Crippen LogP contribution in [0.5, 0.6) is 5.75 Å². The zero-order valence-corrected chi connectivity index (χ0v) is 16.6. The molecular formula is C22H27N3O4. The first kappa shape index (κ1) is 20.7. The first-order chi connectivity index (χ1) is 14.1. The van der Waals surface area contributed by atoms with Crippen LogP contribution in [0.3, 0.4) is 0 Å². The van der Waals surface area contributed by atoms with Crippen LogP contribution < -0.4 is 15.4 Å². The van der Waals surface area contributed by atoms with Crippen molar-refractivity contribution in [3.05, 3.63) is 65.2 Å². The number of urea groups is 1. The summed E-state index contributed by atoms with van der Waals surface area (Å²) < 4.78 is 5.35. The monoisotopic (exact) mass is 397 g/mol. The molecule has 0 aliphatic carbocycles. The van der Waals surface area contributed by atoms with Gasteiger partial charge in [-0.05, 0) is 61.3 Å². The van der Waals surface area contributed by atoms with E-state index < -0.39 is 5.97 Å². The van der Waals surface area contributed by atoms with Crippen molar-refractivity contribution in [3.63, 3.8) is 0 Å². The van der Waals surface area contributed by atoms with Gasteiger partial charge in [-0.1, -0.05) is 24.3 Å². The number of rotatable bonds is 8. The number of hydrogen-bond donors (Lipinski definition) is 3. The van der Waals surface area contributed by atoms with Gasteiger partial charge in [-0.15, -0.1) is 0 Å². The van der Waals surface area contributed by atoms with Gasteiger partial charge in [0.05, 0.1) is 18.7 Å². The van der Waals surface area contributed by atoms with Crippen molar-refractivity contribution in [3.8, 4) is 5.75 Å². The number of hydrogen-bond acceptors (Lipinski definition) is 4. The van der Waals surface area contributed by atoms with E-state index in [0.29, 0.717) is 13.1 Å². The molecule has 2 aromatic carbocycles. The average Bonchev–Trinajstić information content (AvgIpc) is 3.27. The van der Waals surface area contributed by atoms with E-state index in [0.717, 1.165) is 30.0 Å². The molecule has 1 fully saturated rings. The van der Waals surface area contributed by atoms with Crippen molar-refractivity contribution in [1.82, 2.24) is 15.5 Å². The van der Waals surface area contributed by atoms with Gasteiger partial charge >= 0.3 is 12.0 Å². The Morgan fingerprint density at radius 1 is 1.10 bits per heavy atom. The van der Waals surface area contributed by atoms with Crippen LogP contribution in [0.1, 0.15) is 40.4 Å². The van der Waals surface area contributed by atoms with Crippen LogP contribution >= 0.6 is 0 Å². The van der Waals surface area contributed by atoms with E-state index in [1.165, 1.54) is 25.0 Å². The van der Waals surface area contributed by atoms with Gasteiger partial charge in [0.15, 0.2) is 0 Å². The molecule has 154 valence electrons. The summed E-state index contributed by atoms with van der Waals surface area (Å²) in [4.78, 5) is 25.6. The van der Waals surface area contributed by atoms with Crippen LogP contribution in [0.15, 0.2) is 48.5 Å². The number of nitrogens with zero attached hydrogens (tertiary/aromatic N) is 1. The molecule has 0 bridgehead atoms. The summed E-state index contributed by atoms with van der Waals surface area (Å²) in [5.74, 6) is -0.159. The molecule has 1 atom stereocenters. The molecular weight excluding hydrogens is 370 g/mol. The number of ether oxygens (including phenoxy) is 1. The van der Waals surface area contributed by atoms with Crippen molar-refractivity contribution < 1.29 is 19.4 Å². The van der Waals surface area contributed by atoms with Gasteiger partial charge in [-0.3, -0.25) is 4.90 Å². The van der Waals surface area contributed by atoms with Gasteiger partial charge in [-0.25, -0.2) is 9.59 Å². The summed E-state index contributed by atoms with van der Waals surface area (Å²) in [6, 6.07) is 14.3. The Kier molecular flexibility index (Phi) is 7.08. The van der Waals surface area contributed by atoms with Gasteiger partial charge in [0, 0.05) is 13.1 Å². The highest BCUT2D eigenvalue weighted by molar-refractivity contribution is 5.87. The molecule has 1 saturated heterocycles. The van der Waals surface area contributed by atoms with Gasteiger partial charge in [0.1, 0.15) is 5.75 Å². The summed E-state index contributed by atoms with van der Waals surface area (Å²) in [5, 5.41) is 14.7. The number of amides is 2. The second-order valence-corrected chi connectivity index (χ2v) is 7.10. The fourth-order valence-electron chi connectivity index (χ4n) is 3.56. The van der Waals surface area contributed by atoms with E-state index in [4.69, 9.17) is 9.84 Å². The molecule has 1 heterocycles. The third-order valence-electron chi connectivity index (χ3n) is 5.17. The van der Waals surface area contributed by atoms with Gasteiger partial charge < -0.3 is 20.5 Å². The maximum absolute atomic E-state index is 12.3. The van der Waals surface area contributed by atoms with Crippen molar-refractivity contribution in [2.75, 3.05) is 26.7 Å².